The molecular weight excluding hydrogens is 185 g/mol. The van der Waals surface area contributed by atoms with Crippen molar-refractivity contribution in [3.63, 3.8) is 0 Å². The second-order valence-electron chi connectivity index (χ2n) is 2.84. The Balaban J connectivity index is 2.57. The van der Waals surface area contributed by atoms with Crippen LogP contribution in [-0.4, -0.2) is 15.3 Å². The summed E-state index contributed by atoms with van der Waals surface area (Å²) in [7, 11) is 0. The van der Waals surface area contributed by atoms with Gasteiger partial charge in [-0.1, -0.05) is 6.07 Å². The number of nitrogen functional groups attached to an aromatic ring is 1. The molecule has 2 rings (SSSR count). The Hall–Kier alpha value is -2.04. The predicted octanol–water partition coefficient (Wildman–Crippen LogP) is 1.50. The molecule has 4 N–H and O–H groups in total. The highest BCUT2D eigenvalue weighted by atomic mass is 19.1. The van der Waals surface area contributed by atoms with Crippen molar-refractivity contribution in [1.82, 2.24) is 10.2 Å². The summed E-state index contributed by atoms with van der Waals surface area (Å²) in [5, 5.41) is 15.7. The van der Waals surface area contributed by atoms with Gasteiger partial charge in [0, 0.05) is 11.6 Å². The van der Waals surface area contributed by atoms with Crippen LogP contribution in [-0.2, 0) is 0 Å². The fourth-order valence-electron chi connectivity index (χ4n) is 1.21. The van der Waals surface area contributed by atoms with Crippen LogP contribution in [0, 0.1) is 5.82 Å². The molecule has 0 saturated carbocycles. The maximum absolute atomic E-state index is 13.0. The monoisotopic (exact) mass is 193 g/mol. The van der Waals surface area contributed by atoms with Crippen LogP contribution in [0.1, 0.15) is 0 Å². The quantitative estimate of drug-likeness (QED) is 0.642. The van der Waals surface area contributed by atoms with Gasteiger partial charge in [0.25, 0.3) is 0 Å². The number of para-hydroxylation sites is 1. The maximum Gasteiger partial charge on any atom is 0.165 e. The molecule has 0 aliphatic carbocycles. The highest BCUT2D eigenvalue weighted by molar-refractivity contribution is 5.68. The van der Waals surface area contributed by atoms with Crippen molar-refractivity contribution in [1.29, 1.82) is 0 Å². The highest BCUT2D eigenvalue weighted by Crippen LogP contribution is 2.30. The lowest BCUT2D eigenvalue weighted by molar-refractivity contribution is 0.434. The second-order valence-corrected chi connectivity index (χ2v) is 2.84. The molecule has 0 saturated heterocycles. The van der Waals surface area contributed by atoms with Crippen LogP contribution in [0.3, 0.4) is 0 Å². The molecule has 0 spiro atoms. The lowest BCUT2D eigenvalue weighted by Crippen LogP contribution is -1.82. The molecule has 0 atom stereocenters. The number of H-pyrrole nitrogens is 1. The number of anilines is 1. The number of hydrogen-bond donors (Lipinski definition) is 3. The topological polar surface area (TPSA) is 74.9 Å². The predicted molar refractivity (Wildman–Crippen MR) is 50.1 cm³/mol. The number of halogens is 1. The Bertz CT molecular complexity index is 467. The van der Waals surface area contributed by atoms with Crippen molar-refractivity contribution < 1.29 is 9.50 Å². The third-order valence-electron chi connectivity index (χ3n) is 1.87. The first-order valence-corrected chi connectivity index (χ1v) is 3.97. The summed E-state index contributed by atoms with van der Waals surface area (Å²) in [5.74, 6) is -0.782. The molecule has 0 aliphatic heterocycles. The first kappa shape index (κ1) is 8.55. The van der Waals surface area contributed by atoms with Gasteiger partial charge in [0.15, 0.2) is 11.6 Å². The molecule has 0 unspecified atom stereocenters. The van der Waals surface area contributed by atoms with E-state index in [4.69, 9.17) is 5.73 Å². The van der Waals surface area contributed by atoms with Gasteiger partial charge >= 0.3 is 0 Å². The van der Waals surface area contributed by atoms with Crippen LogP contribution < -0.4 is 5.73 Å². The number of aromatic hydroxyl groups is 1. The van der Waals surface area contributed by atoms with E-state index >= 15 is 0 Å². The third kappa shape index (κ3) is 1.28. The zero-order valence-electron chi connectivity index (χ0n) is 7.16. The van der Waals surface area contributed by atoms with Gasteiger partial charge in [-0.25, -0.2) is 4.39 Å². The Morgan fingerprint density at radius 2 is 2.21 bits per heavy atom. The number of benzene rings is 1. The van der Waals surface area contributed by atoms with E-state index in [9.17, 15) is 9.50 Å². The average molecular weight is 193 g/mol. The van der Waals surface area contributed by atoms with Crippen LogP contribution in [0.15, 0.2) is 24.3 Å². The number of phenols is 1. The van der Waals surface area contributed by atoms with E-state index in [0.717, 1.165) is 0 Å². The van der Waals surface area contributed by atoms with Gasteiger partial charge in [-0.05, 0) is 12.1 Å². The Morgan fingerprint density at radius 1 is 1.43 bits per heavy atom. The molecule has 2 aromatic rings. The number of aromatic nitrogens is 2. The summed E-state index contributed by atoms with van der Waals surface area (Å²) < 4.78 is 13.0. The van der Waals surface area contributed by atoms with Gasteiger partial charge in [-0.2, -0.15) is 5.10 Å². The molecule has 1 heterocycles. The number of nitrogens with zero attached hydrogens (tertiary/aromatic N) is 1. The summed E-state index contributed by atoms with van der Waals surface area (Å²) in [5.41, 5.74) is 6.21. The fourth-order valence-corrected chi connectivity index (χ4v) is 1.21. The molecule has 4 nitrogen and oxygen atoms in total. The van der Waals surface area contributed by atoms with Gasteiger partial charge in [-0.15, -0.1) is 0 Å². The van der Waals surface area contributed by atoms with Crippen molar-refractivity contribution >= 4 is 5.82 Å². The van der Waals surface area contributed by atoms with Crippen molar-refractivity contribution in [2.45, 2.75) is 0 Å². The first-order chi connectivity index (χ1) is 6.68. The Morgan fingerprint density at radius 3 is 2.86 bits per heavy atom. The van der Waals surface area contributed by atoms with Crippen LogP contribution in [0.25, 0.3) is 11.3 Å². The van der Waals surface area contributed by atoms with Crippen molar-refractivity contribution in [3.8, 4) is 17.0 Å². The number of aromatic amines is 1. The van der Waals surface area contributed by atoms with Crippen molar-refractivity contribution in [2.75, 3.05) is 5.73 Å². The van der Waals surface area contributed by atoms with Gasteiger partial charge in [-0.3, -0.25) is 5.10 Å². The van der Waals surface area contributed by atoms with Gasteiger partial charge in [0.2, 0.25) is 0 Å². The number of hydrogen-bond acceptors (Lipinski definition) is 3. The van der Waals surface area contributed by atoms with E-state index in [1.54, 1.807) is 6.07 Å². The summed E-state index contributed by atoms with van der Waals surface area (Å²) in [4.78, 5) is 0. The lowest BCUT2D eigenvalue weighted by atomic mass is 10.1. The van der Waals surface area contributed by atoms with E-state index in [0.29, 0.717) is 17.1 Å². The minimum atomic E-state index is -0.671. The van der Waals surface area contributed by atoms with Crippen molar-refractivity contribution in [3.05, 3.63) is 30.1 Å². The fraction of sp³-hybridized carbons (Fsp3) is 0. The molecule has 0 aliphatic rings. The largest absolute Gasteiger partial charge is 0.504 e. The molecule has 14 heavy (non-hydrogen) atoms. The zero-order chi connectivity index (χ0) is 10.1. The average Bonchev–Trinajstić information content (AvgIpc) is 2.57. The standard InChI is InChI=1S/C9H8FN3O/c10-6-3-1-2-5(9(6)14)7-4-8(11)13-12-7/h1-4,14H,(H3,11,12,13). The van der Waals surface area contributed by atoms with E-state index in [-0.39, 0.29) is 0 Å². The Kier molecular flexibility index (Phi) is 1.85. The summed E-state index contributed by atoms with van der Waals surface area (Å²) in [6, 6.07) is 5.78. The zero-order valence-corrected chi connectivity index (χ0v) is 7.16. The van der Waals surface area contributed by atoms with E-state index in [1.165, 1.54) is 18.2 Å². The van der Waals surface area contributed by atoms with E-state index < -0.39 is 11.6 Å². The van der Waals surface area contributed by atoms with Crippen LogP contribution >= 0.6 is 0 Å². The van der Waals surface area contributed by atoms with Gasteiger partial charge < -0.3 is 10.8 Å². The third-order valence-corrected chi connectivity index (χ3v) is 1.87. The van der Waals surface area contributed by atoms with Gasteiger partial charge in [0.1, 0.15) is 5.82 Å². The molecule has 5 heteroatoms. The first-order valence-electron chi connectivity index (χ1n) is 3.97. The SMILES string of the molecule is Nc1cc(-c2cccc(F)c2O)[nH]n1. The second kappa shape index (κ2) is 3.02. The van der Waals surface area contributed by atoms with Crippen LogP contribution in [0.4, 0.5) is 10.2 Å². The number of phenolic OH excluding ortho intramolecular Hbond substituents is 1. The normalized spacial score (nSPS) is 10.4. The summed E-state index contributed by atoms with van der Waals surface area (Å²) in [6.45, 7) is 0. The van der Waals surface area contributed by atoms with E-state index in [1.807, 2.05) is 0 Å². The van der Waals surface area contributed by atoms with Crippen LogP contribution in [0.2, 0.25) is 0 Å². The highest BCUT2D eigenvalue weighted by Gasteiger charge is 2.10. The Labute approximate surface area is 79.2 Å². The van der Waals surface area contributed by atoms with Crippen molar-refractivity contribution in [2.24, 2.45) is 0 Å². The summed E-state index contributed by atoms with van der Waals surface area (Å²) in [6.07, 6.45) is 0. The molecule has 1 aromatic carbocycles. The molecule has 72 valence electrons. The molecule has 0 bridgehead atoms. The number of nitrogens with one attached hydrogen (secondary N) is 1. The summed E-state index contributed by atoms with van der Waals surface area (Å²) >= 11 is 0. The molecule has 0 radical (unpaired) electrons. The maximum atomic E-state index is 13.0. The van der Waals surface area contributed by atoms with E-state index in [2.05, 4.69) is 10.2 Å². The van der Waals surface area contributed by atoms with Crippen LogP contribution in [0.5, 0.6) is 5.75 Å². The minimum Gasteiger partial charge on any atom is -0.504 e. The number of rotatable bonds is 1. The molecule has 0 amide bonds. The number of nitrogens with two attached hydrogens (primary N) is 1. The molecule has 0 fully saturated rings. The minimum absolute atomic E-state index is 0.295. The molecule has 1 aromatic heterocycles. The lowest BCUT2D eigenvalue weighted by Gasteiger charge is -2.01. The molecular formula is C9H8FN3O. The smallest absolute Gasteiger partial charge is 0.165 e. The van der Waals surface area contributed by atoms with Gasteiger partial charge in [0.05, 0.1) is 5.69 Å².